The summed E-state index contributed by atoms with van der Waals surface area (Å²) in [6, 6.07) is 13.6. The first-order valence-electron chi connectivity index (χ1n) is 10.7. The molecule has 2 aromatic carbocycles. The molecule has 2 aliphatic carbocycles. The lowest BCUT2D eigenvalue weighted by molar-refractivity contribution is -0.152. The number of carboxylic acid groups (broad SMARTS) is 1. The average Bonchev–Trinajstić information content (AvgIpc) is 3.08. The fourth-order valence-electron chi connectivity index (χ4n) is 4.43. The van der Waals surface area contributed by atoms with E-state index in [1.54, 1.807) is 0 Å². The van der Waals surface area contributed by atoms with Gasteiger partial charge in [0, 0.05) is 5.92 Å². The number of hydrogen-bond acceptors (Lipinski definition) is 4. The third-order valence-electron chi connectivity index (χ3n) is 6.35. The Hall–Kier alpha value is -3.49. The third-order valence-corrected chi connectivity index (χ3v) is 6.35. The minimum atomic E-state index is -3.03. The van der Waals surface area contributed by atoms with Crippen LogP contribution in [0.15, 0.2) is 48.5 Å². The van der Waals surface area contributed by atoms with Crippen LogP contribution in [0.5, 0.6) is 0 Å². The molecule has 0 spiro atoms. The molecule has 2 aliphatic rings. The lowest BCUT2D eigenvalue weighted by atomic mass is 9.76. The number of carboxylic acids is 1. The van der Waals surface area contributed by atoms with E-state index in [-0.39, 0.29) is 25.4 Å². The maximum absolute atomic E-state index is 13.5. The molecule has 0 aromatic heterocycles. The predicted octanol–water partition coefficient (Wildman–Crippen LogP) is 3.67. The van der Waals surface area contributed by atoms with Gasteiger partial charge in [-0.15, -0.1) is 0 Å². The van der Waals surface area contributed by atoms with Crippen molar-refractivity contribution in [2.45, 2.75) is 49.6 Å². The van der Waals surface area contributed by atoms with Crippen LogP contribution in [0, 0.1) is 0 Å². The van der Waals surface area contributed by atoms with Gasteiger partial charge in [-0.25, -0.2) is 18.4 Å². The second-order valence-electron chi connectivity index (χ2n) is 8.40. The van der Waals surface area contributed by atoms with Crippen LogP contribution in [0.1, 0.15) is 42.7 Å². The molecular weight excluding hydrogens is 434 g/mol. The molecule has 2 aromatic rings. The SMILES string of the molecule is O=C(CC(NC(=O)OCC1c2ccccc2-c2ccccc21)C(F)F)NC1(C(=O)O)CCC1. The highest BCUT2D eigenvalue weighted by Gasteiger charge is 2.46. The zero-order chi connectivity index (χ0) is 23.6. The molecule has 174 valence electrons. The zero-order valence-electron chi connectivity index (χ0n) is 17.7. The van der Waals surface area contributed by atoms with Crippen LogP contribution in [0.3, 0.4) is 0 Å². The molecule has 33 heavy (non-hydrogen) atoms. The molecule has 7 nitrogen and oxygen atoms in total. The Bertz CT molecular complexity index is 1020. The summed E-state index contributed by atoms with van der Waals surface area (Å²) in [6.45, 7) is -0.0514. The summed E-state index contributed by atoms with van der Waals surface area (Å²) in [5.41, 5.74) is 2.62. The van der Waals surface area contributed by atoms with Crippen molar-refractivity contribution < 1.29 is 33.0 Å². The lowest BCUT2D eigenvalue weighted by Gasteiger charge is -2.38. The predicted molar refractivity (Wildman–Crippen MR) is 115 cm³/mol. The number of amides is 2. The van der Waals surface area contributed by atoms with E-state index < -0.39 is 42.4 Å². The number of carbonyl (C=O) groups excluding carboxylic acids is 2. The molecule has 0 heterocycles. The fraction of sp³-hybridized carbons (Fsp3) is 0.375. The van der Waals surface area contributed by atoms with Gasteiger partial charge in [0.05, 0.1) is 6.42 Å². The summed E-state index contributed by atoms with van der Waals surface area (Å²) >= 11 is 0. The van der Waals surface area contributed by atoms with Crippen molar-refractivity contribution in [1.29, 1.82) is 0 Å². The first-order valence-corrected chi connectivity index (χ1v) is 10.7. The Morgan fingerprint density at radius 1 is 1.03 bits per heavy atom. The van der Waals surface area contributed by atoms with Gasteiger partial charge < -0.3 is 20.5 Å². The first-order chi connectivity index (χ1) is 15.8. The number of aliphatic carboxylic acids is 1. The summed E-state index contributed by atoms with van der Waals surface area (Å²) in [7, 11) is 0. The lowest BCUT2D eigenvalue weighted by Crippen LogP contribution is -2.60. The Morgan fingerprint density at radius 2 is 1.61 bits per heavy atom. The molecule has 3 N–H and O–H groups in total. The highest BCUT2D eigenvalue weighted by Crippen LogP contribution is 2.44. The number of alkyl carbamates (subject to hydrolysis) is 1. The summed E-state index contributed by atoms with van der Waals surface area (Å²) in [4.78, 5) is 35.9. The standard InChI is InChI=1S/C24H24F2N2O5/c25-21(26)19(12-20(29)28-24(22(30)31)10-5-11-24)27-23(32)33-13-18-16-8-3-1-6-14(16)15-7-2-4-9-17(15)18/h1-4,6-9,18-19,21H,5,10-13H2,(H,27,32)(H,28,29)(H,30,31). The van der Waals surface area contributed by atoms with Crippen LogP contribution < -0.4 is 10.6 Å². The highest BCUT2D eigenvalue weighted by atomic mass is 19.3. The Labute approximate surface area is 189 Å². The maximum atomic E-state index is 13.5. The van der Waals surface area contributed by atoms with E-state index in [2.05, 4.69) is 10.6 Å². The molecule has 9 heteroatoms. The van der Waals surface area contributed by atoms with Crippen LogP contribution in [-0.2, 0) is 14.3 Å². The highest BCUT2D eigenvalue weighted by molar-refractivity contribution is 5.88. The number of rotatable bonds is 8. The molecule has 1 unspecified atom stereocenters. The Kier molecular flexibility index (Phi) is 6.31. The molecule has 0 aliphatic heterocycles. The zero-order valence-corrected chi connectivity index (χ0v) is 17.7. The van der Waals surface area contributed by atoms with Gasteiger partial charge in [0.2, 0.25) is 5.91 Å². The van der Waals surface area contributed by atoms with Crippen molar-refractivity contribution in [3.05, 3.63) is 59.7 Å². The van der Waals surface area contributed by atoms with E-state index in [9.17, 15) is 28.3 Å². The smallest absolute Gasteiger partial charge is 0.407 e. The second kappa shape index (κ2) is 9.17. The number of alkyl halides is 2. The van der Waals surface area contributed by atoms with Gasteiger partial charge in [-0.05, 0) is 41.5 Å². The van der Waals surface area contributed by atoms with Gasteiger partial charge in [-0.2, -0.15) is 0 Å². The number of halogens is 2. The largest absolute Gasteiger partial charge is 0.480 e. The summed E-state index contributed by atoms with van der Waals surface area (Å²) in [6.07, 6.45) is -3.73. The number of nitrogens with one attached hydrogen (secondary N) is 2. The summed E-state index contributed by atoms with van der Waals surface area (Å²) in [5, 5.41) is 13.7. The van der Waals surface area contributed by atoms with Gasteiger partial charge in [0.25, 0.3) is 6.43 Å². The topological polar surface area (TPSA) is 105 Å². The summed E-state index contributed by atoms with van der Waals surface area (Å²) < 4.78 is 32.2. The van der Waals surface area contributed by atoms with E-state index in [0.29, 0.717) is 6.42 Å². The van der Waals surface area contributed by atoms with Crippen LogP contribution in [0.2, 0.25) is 0 Å². The molecule has 0 bridgehead atoms. The van der Waals surface area contributed by atoms with Crippen LogP contribution >= 0.6 is 0 Å². The van der Waals surface area contributed by atoms with Crippen molar-refractivity contribution in [3.8, 4) is 11.1 Å². The van der Waals surface area contributed by atoms with Gasteiger partial charge in [-0.1, -0.05) is 48.5 Å². The van der Waals surface area contributed by atoms with Crippen molar-refractivity contribution in [1.82, 2.24) is 10.6 Å². The maximum Gasteiger partial charge on any atom is 0.407 e. The number of ether oxygens (including phenoxy) is 1. The van der Waals surface area contributed by atoms with Gasteiger partial charge in [0.15, 0.2) is 0 Å². The quantitative estimate of drug-likeness (QED) is 0.560. The summed E-state index contributed by atoms with van der Waals surface area (Å²) in [5.74, 6) is -2.29. The minimum absolute atomic E-state index is 0.0514. The number of benzene rings is 2. The van der Waals surface area contributed by atoms with Crippen LogP contribution in [0.25, 0.3) is 11.1 Å². The Balaban J connectivity index is 1.36. The normalized spacial score (nSPS) is 16.8. The molecule has 2 amide bonds. The van der Waals surface area contributed by atoms with E-state index in [1.165, 1.54) is 0 Å². The molecule has 0 radical (unpaired) electrons. The van der Waals surface area contributed by atoms with Gasteiger partial charge in [0.1, 0.15) is 18.2 Å². The molecule has 1 saturated carbocycles. The van der Waals surface area contributed by atoms with Crippen molar-refractivity contribution in [2.75, 3.05) is 6.61 Å². The molecular formula is C24H24F2N2O5. The van der Waals surface area contributed by atoms with Crippen LogP contribution in [0.4, 0.5) is 13.6 Å². The van der Waals surface area contributed by atoms with Crippen LogP contribution in [-0.4, -0.2) is 47.7 Å². The Morgan fingerprint density at radius 3 is 2.09 bits per heavy atom. The molecule has 0 saturated heterocycles. The first kappa shape index (κ1) is 22.7. The van der Waals surface area contributed by atoms with Crippen molar-refractivity contribution in [3.63, 3.8) is 0 Å². The second-order valence-corrected chi connectivity index (χ2v) is 8.40. The number of fused-ring (bicyclic) bond motifs is 3. The van der Waals surface area contributed by atoms with E-state index in [1.807, 2.05) is 48.5 Å². The molecule has 1 atom stereocenters. The van der Waals surface area contributed by atoms with Crippen molar-refractivity contribution in [2.24, 2.45) is 0 Å². The third kappa shape index (κ3) is 4.53. The molecule has 4 rings (SSSR count). The monoisotopic (exact) mass is 458 g/mol. The van der Waals surface area contributed by atoms with Gasteiger partial charge >= 0.3 is 12.1 Å². The van der Waals surface area contributed by atoms with Gasteiger partial charge in [-0.3, -0.25) is 4.79 Å². The number of carbonyl (C=O) groups is 3. The van der Waals surface area contributed by atoms with E-state index in [4.69, 9.17) is 4.74 Å². The minimum Gasteiger partial charge on any atom is -0.480 e. The van der Waals surface area contributed by atoms with E-state index >= 15 is 0 Å². The molecule has 1 fully saturated rings. The van der Waals surface area contributed by atoms with Crippen molar-refractivity contribution >= 4 is 18.0 Å². The average molecular weight is 458 g/mol. The fourth-order valence-corrected chi connectivity index (χ4v) is 4.43. The number of hydrogen-bond donors (Lipinski definition) is 3. The van der Waals surface area contributed by atoms with E-state index in [0.717, 1.165) is 22.3 Å².